The Hall–Kier alpha value is -1.95. The number of pyridine rings is 1. The minimum Gasteiger partial charge on any atom is -0.350 e. The first kappa shape index (κ1) is 15.9. The fourth-order valence-corrected chi connectivity index (χ4v) is 3.59. The zero-order chi connectivity index (χ0) is 16.4. The quantitative estimate of drug-likeness (QED) is 0.871. The molecular formula is C17H23N3O3. The molecule has 6 heteroatoms. The highest BCUT2D eigenvalue weighted by molar-refractivity contribution is 6.01. The molecule has 6 nitrogen and oxygen atoms in total. The molecule has 0 aromatic carbocycles. The van der Waals surface area contributed by atoms with Crippen LogP contribution in [0.2, 0.25) is 0 Å². The van der Waals surface area contributed by atoms with Crippen LogP contribution in [0.5, 0.6) is 0 Å². The maximum absolute atomic E-state index is 12.3. The van der Waals surface area contributed by atoms with Gasteiger partial charge in [-0.2, -0.15) is 0 Å². The van der Waals surface area contributed by atoms with Gasteiger partial charge in [0.2, 0.25) is 0 Å². The van der Waals surface area contributed by atoms with Gasteiger partial charge in [0.1, 0.15) is 5.56 Å². The van der Waals surface area contributed by atoms with Gasteiger partial charge in [-0.3, -0.25) is 19.3 Å². The van der Waals surface area contributed by atoms with E-state index in [2.05, 4.69) is 22.1 Å². The summed E-state index contributed by atoms with van der Waals surface area (Å²) >= 11 is 0. The lowest BCUT2D eigenvalue weighted by Gasteiger charge is -2.23. The summed E-state index contributed by atoms with van der Waals surface area (Å²) in [7, 11) is 0. The van der Waals surface area contributed by atoms with Crippen molar-refractivity contribution in [1.29, 1.82) is 0 Å². The van der Waals surface area contributed by atoms with Crippen molar-refractivity contribution in [3.8, 4) is 0 Å². The van der Waals surface area contributed by atoms with Crippen molar-refractivity contribution in [2.45, 2.75) is 45.1 Å². The molecule has 1 aromatic heterocycles. The molecule has 1 aromatic rings. The van der Waals surface area contributed by atoms with Crippen molar-refractivity contribution < 1.29 is 9.59 Å². The largest absolute Gasteiger partial charge is 0.350 e. The molecule has 1 unspecified atom stereocenters. The first-order valence-electron chi connectivity index (χ1n) is 8.41. The van der Waals surface area contributed by atoms with Gasteiger partial charge in [-0.05, 0) is 44.8 Å². The van der Waals surface area contributed by atoms with Crippen LogP contribution in [-0.4, -0.2) is 47.3 Å². The number of likely N-dealkylation sites (tertiary alicyclic amines) is 1. The SMILES string of the molecule is CCN1CCCC1CNC(=O)c1cc2c([nH]c1=O)CCCC2=O. The van der Waals surface area contributed by atoms with E-state index in [4.69, 9.17) is 0 Å². The monoisotopic (exact) mass is 317 g/mol. The number of aryl methyl sites for hydroxylation is 1. The van der Waals surface area contributed by atoms with Crippen molar-refractivity contribution in [3.63, 3.8) is 0 Å². The lowest BCUT2D eigenvalue weighted by molar-refractivity contribution is 0.0939. The fourth-order valence-electron chi connectivity index (χ4n) is 3.59. The standard InChI is InChI=1S/C17H23N3O3/c1-2-20-8-4-5-11(20)10-18-16(22)13-9-12-14(19-17(13)23)6-3-7-15(12)21/h9,11H,2-8,10H2,1H3,(H,18,22)(H,19,23). The lowest BCUT2D eigenvalue weighted by Crippen LogP contribution is -2.41. The van der Waals surface area contributed by atoms with Crippen molar-refractivity contribution >= 4 is 11.7 Å². The Bertz CT molecular complexity index is 680. The molecule has 1 fully saturated rings. The molecule has 0 spiro atoms. The van der Waals surface area contributed by atoms with E-state index in [9.17, 15) is 14.4 Å². The predicted molar refractivity (Wildman–Crippen MR) is 86.9 cm³/mol. The summed E-state index contributed by atoms with van der Waals surface area (Å²) < 4.78 is 0. The van der Waals surface area contributed by atoms with Crippen molar-refractivity contribution in [2.24, 2.45) is 0 Å². The fraction of sp³-hybridized carbons (Fsp3) is 0.588. The maximum Gasteiger partial charge on any atom is 0.261 e. The topological polar surface area (TPSA) is 82.3 Å². The predicted octanol–water partition coefficient (Wildman–Crippen LogP) is 1.11. The van der Waals surface area contributed by atoms with Gasteiger partial charge in [0.05, 0.1) is 0 Å². The summed E-state index contributed by atoms with van der Waals surface area (Å²) in [5.74, 6) is -0.389. The van der Waals surface area contributed by atoms with Gasteiger partial charge in [-0.1, -0.05) is 6.92 Å². The Kier molecular flexibility index (Phi) is 4.61. The number of Topliss-reactive ketones (excluding diaryl/α,β-unsaturated/α-hetero) is 1. The highest BCUT2D eigenvalue weighted by Gasteiger charge is 2.25. The van der Waals surface area contributed by atoms with Gasteiger partial charge in [-0.25, -0.2) is 0 Å². The summed E-state index contributed by atoms with van der Waals surface area (Å²) in [4.78, 5) is 41.5. The number of amides is 1. The molecule has 1 saturated heterocycles. The number of aromatic amines is 1. The number of hydrogen-bond donors (Lipinski definition) is 2. The van der Waals surface area contributed by atoms with Gasteiger partial charge in [0, 0.05) is 30.3 Å². The lowest BCUT2D eigenvalue weighted by atomic mass is 9.93. The molecule has 1 atom stereocenters. The van der Waals surface area contributed by atoms with Crippen LogP contribution in [0.3, 0.4) is 0 Å². The van der Waals surface area contributed by atoms with Gasteiger partial charge in [0.25, 0.3) is 11.5 Å². The van der Waals surface area contributed by atoms with Crippen LogP contribution in [0.15, 0.2) is 10.9 Å². The number of rotatable bonds is 4. The Morgan fingerprint density at radius 3 is 2.96 bits per heavy atom. The van der Waals surface area contributed by atoms with Gasteiger partial charge < -0.3 is 10.3 Å². The molecule has 0 bridgehead atoms. The van der Waals surface area contributed by atoms with Crippen LogP contribution in [0.1, 0.15) is 59.0 Å². The van der Waals surface area contributed by atoms with E-state index in [0.717, 1.165) is 32.4 Å². The normalized spacial score (nSPS) is 21.3. The molecule has 1 aliphatic carbocycles. The molecule has 1 amide bonds. The molecular weight excluding hydrogens is 294 g/mol. The zero-order valence-corrected chi connectivity index (χ0v) is 13.5. The summed E-state index contributed by atoms with van der Waals surface area (Å²) in [5.41, 5.74) is 0.794. The number of ketones is 1. The highest BCUT2D eigenvalue weighted by atomic mass is 16.2. The molecule has 3 rings (SSSR count). The molecule has 2 aliphatic rings. The third-order valence-electron chi connectivity index (χ3n) is 4.90. The first-order valence-corrected chi connectivity index (χ1v) is 8.41. The molecule has 0 saturated carbocycles. The number of aromatic nitrogens is 1. The van der Waals surface area contributed by atoms with Crippen molar-refractivity contribution in [3.05, 3.63) is 33.2 Å². The number of nitrogens with one attached hydrogen (secondary N) is 2. The van der Waals surface area contributed by atoms with E-state index < -0.39 is 11.5 Å². The number of carbonyl (C=O) groups excluding carboxylic acids is 2. The third-order valence-corrected chi connectivity index (χ3v) is 4.90. The van der Waals surface area contributed by atoms with E-state index in [1.165, 1.54) is 6.07 Å². The average molecular weight is 317 g/mol. The first-order chi connectivity index (χ1) is 11.1. The van der Waals surface area contributed by atoms with E-state index >= 15 is 0 Å². The number of nitrogens with zero attached hydrogens (tertiary/aromatic N) is 1. The van der Waals surface area contributed by atoms with Crippen molar-refractivity contribution in [2.75, 3.05) is 19.6 Å². The number of fused-ring (bicyclic) bond motifs is 1. The third kappa shape index (κ3) is 3.22. The molecule has 2 heterocycles. The van der Waals surface area contributed by atoms with E-state index in [1.54, 1.807) is 0 Å². The Balaban J connectivity index is 1.73. The minimum atomic E-state index is -0.408. The number of H-pyrrole nitrogens is 1. The number of carbonyl (C=O) groups is 2. The van der Waals surface area contributed by atoms with Crippen LogP contribution >= 0.6 is 0 Å². The average Bonchev–Trinajstić information content (AvgIpc) is 3.00. The van der Waals surface area contributed by atoms with Gasteiger partial charge in [0.15, 0.2) is 5.78 Å². The van der Waals surface area contributed by atoms with E-state index in [0.29, 0.717) is 36.7 Å². The zero-order valence-electron chi connectivity index (χ0n) is 13.5. The smallest absolute Gasteiger partial charge is 0.261 e. The molecule has 0 radical (unpaired) electrons. The highest BCUT2D eigenvalue weighted by Crippen LogP contribution is 2.19. The molecule has 2 N–H and O–H groups in total. The second-order valence-electron chi connectivity index (χ2n) is 6.32. The number of likely N-dealkylation sites (N-methyl/N-ethyl adjacent to an activating group) is 1. The van der Waals surface area contributed by atoms with E-state index in [1.807, 2.05) is 0 Å². The summed E-state index contributed by atoms with van der Waals surface area (Å²) in [6.45, 7) is 4.68. The van der Waals surface area contributed by atoms with Crippen LogP contribution in [0, 0.1) is 0 Å². The summed E-state index contributed by atoms with van der Waals surface area (Å²) in [6, 6.07) is 1.80. The molecule has 1 aliphatic heterocycles. The Morgan fingerprint density at radius 2 is 2.17 bits per heavy atom. The van der Waals surface area contributed by atoms with Gasteiger partial charge >= 0.3 is 0 Å². The summed E-state index contributed by atoms with van der Waals surface area (Å²) in [6.07, 6.45) is 4.12. The summed E-state index contributed by atoms with van der Waals surface area (Å²) in [5, 5.41) is 2.86. The van der Waals surface area contributed by atoms with Gasteiger partial charge in [-0.15, -0.1) is 0 Å². The maximum atomic E-state index is 12.3. The van der Waals surface area contributed by atoms with Crippen LogP contribution in [-0.2, 0) is 6.42 Å². The molecule has 23 heavy (non-hydrogen) atoms. The molecule has 124 valence electrons. The Morgan fingerprint density at radius 1 is 1.35 bits per heavy atom. The second-order valence-corrected chi connectivity index (χ2v) is 6.32. The minimum absolute atomic E-state index is 0.00417. The van der Waals surface area contributed by atoms with Crippen LogP contribution in [0.4, 0.5) is 0 Å². The van der Waals surface area contributed by atoms with Crippen LogP contribution < -0.4 is 10.9 Å². The van der Waals surface area contributed by atoms with Crippen LogP contribution in [0.25, 0.3) is 0 Å². The number of hydrogen-bond acceptors (Lipinski definition) is 4. The van der Waals surface area contributed by atoms with Crippen molar-refractivity contribution in [1.82, 2.24) is 15.2 Å². The second kappa shape index (κ2) is 6.66. The van der Waals surface area contributed by atoms with E-state index in [-0.39, 0.29) is 11.3 Å². The Labute approximate surface area is 135 Å².